The third-order valence-corrected chi connectivity index (χ3v) is 4.42. The smallest absolute Gasteiger partial charge is 0.252 e. The summed E-state index contributed by atoms with van der Waals surface area (Å²) in [6.07, 6.45) is 2.70. The fraction of sp³-hybridized carbons (Fsp3) is 0.278. The number of nitrogens with two attached hydrogens (primary N) is 1. The van der Waals surface area contributed by atoms with Crippen molar-refractivity contribution >= 4 is 29.2 Å². The molecule has 1 saturated heterocycles. The van der Waals surface area contributed by atoms with Gasteiger partial charge in [-0.1, -0.05) is 23.7 Å². The number of aromatic nitrogens is 1. The van der Waals surface area contributed by atoms with Crippen LogP contribution >= 0.6 is 11.6 Å². The van der Waals surface area contributed by atoms with Crippen LogP contribution in [0.25, 0.3) is 0 Å². The molecule has 0 bridgehead atoms. The Hall–Kier alpha value is -2.60. The summed E-state index contributed by atoms with van der Waals surface area (Å²) in [6, 6.07) is 10.8. The minimum atomic E-state index is -0.544. The molecule has 2 aromatic rings. The molecule has 0 saturated carbocycles. The molecule has 3 rings (SSSR count). The van der Waals surface area contributed by atoms with Crippen molar-refractivity contribution in [3.63, 3.8) is 0 Å². The Kier molecular flexibility index (Phi) is 5.19. The van der Waals surface area contributed by atoms with E-state index >= 15 is 0 Å². The Morgan fingerprint density at radius 1 is 1.36 bits per heavy atom. The number of carbonyl (C=O) groups excluding carboxylic acids is 2. The van der Waals surface area contributed by atoms with Crippen LogP contribution in [0.3, 0.4) is 0 Å². The minimum Gasteiger partial charge on any atom is -0.365 e. The Bertz CT molecular complexity index is 796. The van der Waals surface area contributed by atoms with Crippen LogP contribution < -0.4 is 11.1 Å². The fourth-order valence-corrected chi connectivity index (χ4v) is 3.17. The third kappa shape index (κ3) is 4.28. The summed E-state index contributed by atoms with van der Waals surface area (Å²) in [4.78, 5) is 29.7. The molecule has 1 aromatic heterocycles. The Morgan fingerprint density at radius 2 is 2.20 bits per heavy atom. The summed E-state index contributed by atoms with van der Waals surface area (Å²) < 4.78 is 0. The average molecular weight is 359 g/mol. The lowest BCUT2D eigenvalue weighted by Crippen LogP contribution is -2.30. The standard InChI is InChI=1S/C18H19ClN4O2/c19-13-4-1-3-12(9-13)6-8-23-11-14(10-16(23)24)22-18-15(17(20)25)5-2-7-21-18/h1-5,7,9,14H,6,8,10-11H2,(H2,20,25)(H,21,22)/t14-/m0/s1. The number of carbonyl (C=O) groups is 2. The highest BCUT2D eigenvalue weighted by atomic mass is 35.5. The number of halogens is 1. The molecule has 7 heteroatoms. The first-order valence-electron chi connectivity index (χ1n) is 8.06. The third-order valence-electron chi connectivity index (χ3n) is 4.19. The zero-order valence-electron chi connectivity index (χ0n) is 13.6. The number of rotatable bonds is 6. The second-order valence-electron chi connectivity index (χ2n) is 6.03. The Labute approximate surface area is 151 Å². The van der Waals surface area contributed by atoms with Crippen LogP contribution in [0.15, 0.2) is 42.6 Å². The van der Waals surface area contributed by atoms with Gasteiger partial charge >= 0.3 is 0 Å². The van der Waals surface area contributed by atoms with Gasteiger partial charge in [0.1, 0.15) is 5.82 Å². The summed E-state index contributed by atoms with van der Waals surface area (Å²) in [6.45, 7) is 1.19. The quantitative estimate of drug-likeness (QED) is 0.827. The highest BCUT2D eigenvalue weighted by Gasteiger charge is 2.30. The summed E-state index contributed by atoms with van der Waals surface area (Å²) in [5.74, 6) is -0.0432. The van der Waals surface area contributed by atoms with E-state index < -0.39 is 5.91 Å². The van der Waals surface area contributed by atoms with E-state index in [1.165, 1.54) is 0 Å². The summed E-state index contributed by atoms with van der Waals surface area (Å²) >= 11 is 5.99. The van der Waals surface area contributed by atoms with Crippen LogP contribution in [-0.2, 0) is 11.2 Å². The maximum atomic E-state index is 12.2. The first-order valence-corrected chi connectivity index (χ1v) is 8.44. The van der Waals surface area contributed by atoms with Crippen molar-refractivity contribution in [3.05, 3.63) is 58.7 Å². The van der Waals surface area contributed by atoms with Crippen molar-refractivity contribution in [2.45, 2.75) is 18.9 Å². The first kappa shape index (κ1) is 17.2. The largest absolute Gasteiger partial charge is 0.365 e. The molecule has 0 aliphatic carbocycles. The lowest BCUT2D eigenvalue weighted by Gasteiger charge is -2.18. The van der Waals surface area contributed by atoms with E-state index in [1.807, 2.05) is 29.2 Å². The number of pyridine rings is 1. The molecule has 1 aliphatic rings. The SMILES string of the molecule is NC(=O)c1cccnc1N[C@H]1CC(=O)N(CCc2cccc(Cl)c2)C1. The monoisotopic (exact) mass is 358 g/mol. The second-order valence-corrected chi connectivity index (χ2v) is 6.47. The molecule has 25 heavy (non-hydrogen) atoms. The van der Waals surface area contributed by atoms with Gasteiger partial charge in [0, 0.05) is 30.7 Å². The van der Waals surface area contributed by atoms with Crippen LogP contribution in [0, 0.1) is 0 Å². The van der Waals surface area contributed by atoms with Crippen LogP contribution in [0.1, 0.15) is 22.3 Å². The lowest BCUT2D eigenvalue weighted by atomic mass is 10.1. The van der Waals surface area contributed by atoms with E-state index in [2.05, 4.69) is 10.3 Å². The molecule has 6 nitrogen and oxygen atoms in total. The fourth-order valence-electron chi connectivity index (χ4n) is 2.95. The van der Waals surface area contributed by atoms with Crippen molar-refractivity contribution in [1.82, 2.24) is 9.88 Å². The molecule has 2 heterocycles. The molecule has 130 valence electrons. The second kappa shape index (κ2) is 7.53. The van der Waals surface area contributed by atoms with Crippen molar-refractivity contribution < 1.29 is 9.59 Å². The van der Waals surface area contributed by atoms with Gasteiger partial charge in [-0.3, -0.25) is 9.59 Å². The highest BCUT2D eigenvalue weighted by Crippen LogP contribution is 2.19. The van der Waals surface area contributed by atoms with Crippen molar-refractivity contribution in [3.8, 4) is 0 Å². The molecule has 0 spiro atoms. The van der Waals surface area contributed by atoms with Gasteiger partial charge in [-0.2, -0.15) is 0 Å². The molecule has 3 N–H and O–H groups in total. The van der Waals surface area contributed by atoms with Gasteiger partial charge in [0.2, 0.25) is 5.91 Å². The van der Waals surface area contributed by atoms with E-state index in [4.69, 9.17) is 17.3 Å². The number of hydrogen-bond donors (Lipinski definition) is 2. The number of hydrogen-bond acceptors (Lipinski definition) is 4. The van der Waals surface area contributed by atoms with Gasteiger partial charge in [0.05, 0.1) is 11.6 Å². The number of nitrogens with one attached hydrogen (secondary N) is 1. The van der Waals surface area contributed by atoms with E-state index in [9.17, 15) is 9.59 Å². The minimum absolute atomic E-state index is 0.0797. The van der Waals surface area contributed by atoms with Gasteiger partial charge in [0.15, 0.2) is 0 Å². The zero-order valence-corrected chi connectivity index (χ0v) is 14.4. The summed E-state index contributed by atoms with van der Waals surface area (Å²) in [7, 11) is 0. The van der Waals surface area contributed by atoms with Crippen molar-refractivity contribution in [2.24, 2.45) is 5.73 Å². The number of amides is 2. The molecule has 1 fully saturated rings. The van der Waals surface area contributed by atoms with E-state index in [0.717, 1.165) is 12.0 Å². The average Bonchev–Trinajstić information content (AvgIpc) is 2.93. The number of benzene rings is 1. The molecule has 1 atom stereocenters. The van der Waals surface area contributed by atoms with Crippen LogP contribution in [-0.4, -0.2) is 40.8 Å². The molecule has 1 aromatic carbocycles. The van der Waals surface area contributed by atoms with Gasteiger partial charge < -0.3 is 16.0 Å². The molecule has 0 unspecified atom stereocenters. The highest BCUT2D eigenvalue weighted by molar-refractivity contribution is 6.30. The normalized spacial score (nSPS) is 16.9. The predicted octanol–water partition coefficient (Wildman–Crippen LogP) is 2.09. The van der Waals surface area contributed by atoms with E-state index in [1.54, 1.807) is 18.3 Å². The molecular weight excluding hydrogens is 340 g/mol. The molecule has 1 aliphatic heterocycles. The predicted molar refractivity (Wildman–Crippen MR) is 96.5 cm³/mol. The van der Waals surface area contributed by atoms with Crippen LogP contribution in [0.4, 0.5) is 5.82 Å². The van der Waals surface area contributed by atoms with Gasteiger partial charge in [-0.15, -0.1) is 0 Å². The van der Waals surface area contributed by atoms with E-state index in [0.29, 0.717) is 35.9 Å². The molecular formula is C18H19ClN4O2. The first-order chi connectivity index (χ1) is 12.0. The lowest BCUT2D eigenvalue weighted by molar-refractivity contribution is -0.127. The Balaban J connectivity index is 1.60. The number of nitrogens with zero attached hydrogens (tertiary/aromatic N) is 2. The van der Waals surface area contributed by atoms with Crippen LogP contribution in [0.2, 0.25) is 5.02 Å². The molecule has 2 amide bonds. The van der Waals surface area contributed by atoms with E-state index in [-0.39, 0.29) is 11.9 Å². The van der Waals surface area contributed by atoms with Crippen molar-refractivity contribution in [2.75, 3.05) is 18.4 Å². The topological polar surface area (TPSA) is 88.3 Å². The summed E-state index contributed by atoms with van der Waals surface area (Å²) in [5, 5.41) is 3.86. The zero-order chi connectivity index (χ0) is 17.8. The van der Waals surface area contributed by atoms with Gasteiger partial charge in [-0.25, -0.2) is 4.98 Å². The molecule has 0 radical (unpaired) electrons. The van der Waals surface area contributed by atoms with Crippen LogP contribution in [0.5, 0.6) is 0 Å². The number of likely N-dealkylation sites (tertiary alicyclic amines) is 1. The maximum absolute atomic E-state index is 12.2. The summed E-state index contributed by atoms with van der Waals surface area (Å²) in [5.41, 5.74) is 6.78. The van der Waals surface area contributed by atoms with Crippen molar-refractivity contribution in [1.29, 1.82) is 0 Å². The van der Waals surface area contributed by atoms with Gasteiger partial charge in [0.25, 0.3) is 5.91 Å². The Morgan fingerprint density at radius 3 is 2.96 bits per heavy atom. The van der Waals surface area contributed by atoms with Gasteiger partial charge in [-0.05, 0) is 36.2 Å². The number of primary amides is 1. The maximum Gasteiger partial charge on any atom is 0.252 e. The number of anilines is 1.